The second-order valence-corrected chi connectivity index (χ2v) is 6.18. The highest BCUT2D eigenvalue weighted by molar-refractivity contribution is 5.81. The van der Waals surface area contributed by atoms with Crippen LogP contribution in [0.3, 0.4) is 0 Å². The fourth-order valence-electron chi connectivity index (χ4n) is 3.31. The van der Waals surface area contributed by atoms with Crippen molar-refractivity contribution in [3.8, 4) is 0 Å². The van der Waals surface area contributed by atoms with Gasteiger partial charge in [0.05, 0.1) is 25.1 Å². The first-order valence-electron chi connectivity index (χ1n) is 8.49. The van der Waals surface area contributed by atoms with Crippen molar-refractivity contribution in [2.75, 3.05) is 18.9 Å². The van der Waals surface area contributed by atoms with Crippen LogP contribution in [0.2, 0.25) is 0 Å². The first-order valence-corrected chi connectivity index (χ1v) is 8.49. The van der Waals surface area contributed by atoms with E-state index in [1.807, 2.05) is 18.2 Å². The molecule has 0 unspecified atom stereocenters. The molecule has 7 heteroatoms. The van der Waals surface area contributed by atoms with Gasteiger partial charge in [0.1, 0.15) is 11.8 Å². The summed E-state index contributed by atoms with van der Waals surface area (Å²) in [5.41, 5.74) is 8.47. The van der Waals surface area contributed by atoms with Gasteiger partial charge in [-0.15, -0.1) is 0 Å². The molecule has 3 heterocycles. The maximum Gasteiger partial charge on any atom is 0.165 e. The Balaban J connectivity index is 1.39. The van der Waals surface area contributed by atoms with Gasteiger partial charge in [-0.1, -0.05) is 30.3 Å². The van der Waals surface area contributed by atoms with Gasteiger partial charge in [0.25, 0.3) is 0 Å². The van der Waals surface area contributed by atoms with E-state index in [1.165, 1.54) is 11.9 Å². The fourth-order valence-corrected chi connectivity index (χ4v) is 3.31. The molecule has 7 nitrogen and oxygen atoms in total. The average Bonchev–Trinajstić information content (AvgIpc) is 3.26. The molecule has 1 aliphatic rings. The number of ether oxygens (including phenoxy) is 2. The Morgan fingerprint density at radius 2 is 2.08 bits per heavy atom. The lowest BCUT2D eigenvalue weighted by Crippen LogP contribution is -2.21. The van der Waals surface area contributed by atoms with E-state index in [4.69, 9.17) is 15.2 Å². The zero-order valence-corrected chi connectivity index (χ0v) is 13.9. The van der Waals surface area contributed by atoms with Crippen LogP contribution in [0.1, 0.15) is 24.4 Å². The summed E-state index contributed by atoms with van der Waals surface area (Å²) in [6.07, 6.45) is 5.11. The Morgan fingerprint density at radius 1 is 1.20 bits per heavy atom. The normalized spacial score (nSPS) is 20.3. The second-order valence-electron chi connectivity index (χ2n) is 6.18. The Kier molecular flexibility index (Phi) is 4.58. The smallest absolute Gasteiger partial charge is 0.165 e. The van der Waals surface area contributed by atoms with Gasteiger partial charge in [0.2, 0.25) is 0 Å². The highest BCUT2D eigenvalue weighted by Gasteiger charge is 2.31. The quantitative estimate of drug-likeness (QED) is 0.694. The number of anilines is 1. The molecule has 25 heavy (non-hydrogen) atoms. The largest absolute Gasteiger partial charge is 0.382 e. The number of imidazole rings is 1. The van der Waals surface area contributed by atoms with Crippen molar-refractivity contribution in [2.45, 2.75) is 31.6 Å². The van der Waals surface area contributed by atoms with Crippen molar-refractivity contribution in [3.63, 3.8) is 0 Å². The summed E-state index contributed by atoms with van der Waals surface area (Å²) in [5.74, 6) is 0.408. The van der Waals surface area contributed by atoms with Crippen LogP contribution >= 0.6 is 0 Å². The fraction of sp³-hybridized carbons (Fsp3) is 0.389. The summed E-state index contributed by atoms with van der Waals surface area (Å²) in [7, 11) is 0. The zero-order valence-electron chi connectivity index (χ0n) is 13.9. The molecule has 2 N–H and O–H groups in total. The lowest BCUT2D eigenvalue weighted by Gasteiger charge is -2.20. The molecule has 130 valence electrons. The summed E-state index contributed by atoms with van der Waals surface area (Å²) >= 11 is 0. The van der Waals surface area contributed by atoms with Gasteiger partial charge in [-0.05, 0) is 18.4 Å². The third kappa shape index (κ3) is 3.33. The number of rotatable bonds is 6. The van der Waals surface area contributed by atoms with Crippen molar-refractivity contribution >= 4 is 17.0 Å². The van der Waals surface area contributed by atoms with E-state index in [-0.39, 0.29) is 12.1 Å². The van der Waals surface area contributed by atoms with Gasteiger partial charge >= 0.3 is 0 Å². The molecular formula is C18H21N5O2. The number of aromatic nitrogens is 4. The van der Waals surface area contributed by atoms with E-state index in [0.717, 1.165) is 25.1 Å². The van der Waals surface area contributed by atoms with Crippen LogP contribution in [-0.4, -0.2) is 38.8 Å². The molecule has 3 aromatic rings. The molecule has 1 saturated heterocycles. The minimum atomic E-state index is 0.0874. The van der Waals surface area contributed by atoms with Crippen molar-refractivity contribution in [2.24, 2.45) is 0 Å². The van der Waals surface area contributed by atoms with Crippen LogP contribution in [0, 0.1) is 0 Å². The van der Waals surface area contributed by atoms with Gasteiger partial charge in [0, 0.05) is 13.2 Å². The van der Waals surface area contributed by atoms with Crippen LogP contribution in [0.15, 0.2) is 43.0 Å². The maximum atomic E-state index is 5.92. The van der Waals surface area contributed by atoms with Crippen molar-refractivity contribution in [3.05, 3.63) is 48.5 Å². The van der Waals surface area contributed by atoms with Gasteiger partial charge in [-0.3, -0.25) is 0 Å². The number of fused-ring (bicyclic) bond motifs is 1. The maximum absolute atomic E-state index is 5.92. The molecule has 1 aromatic carbocycles. The molecule has 0 aliphatic carbocycles. The van der Waals surface area contributed by atoms with E-state index in [2.05, 4.69) is 31.7 Å². The Hall–Kier alpha value is -2.51. The number of nitrogens with zero attached hydrogens (tertiary/aromatic N) is 4. The monoisotopic (exact) mass is 339 g/mol. The summed E-state index contributed by atoms with van der Waals surface area (Å²) in [4.78, 5) is 12.7. The van der Waals surface area contributed by atoms with Crippen LogP contribution in [0.4, 0.5) is 5.82 Å². The SMILES string of the molecule is Nc1ncnc2c1ncn2[C@@H]1CCO[C@@H]1CCOCc1ccccc1. The zero-order chi connectivity index (χ0) is 17.1. The minimum Gasteiger partial charge on any atom is -0.382 e. The Labute approximate surface area is 145 Å². The number of hydrogen-bond donors (Lipinski definition) is 1. The lowest BCUT2D eigenvalue weighted by molar-refractivity contribution is 0.0418. The highest BCUT2D eigenvalue weighted by atomic mass is 16.5. The van der Waals surface area contributed by atoms with E-state index in [9.17, 15) is 0 Å². The van der Waals surface area contributed by atoms with Crippen molar-refractivity contribution < 1.29 is 9.47 Å². The molecule has 1 fully saturated rings. The summed E-state index contributed by atoms with van der Waals surface area (Å²) < 4.78 is 13.8. The number of hydrogen-bond acceptors (Lipinski definition) is 6. The predicted molar refractivity (Wildman–Crippen MR) is 93.8 cm³/mol. The second kappa shape index (κ2) is 7.16. The predicted octanol–water partition coefficient (Wildman–Crippen LogP) is 2.35. The molecular weight excluding hydrogens is 318 g/mol. The van der Waals surface area contributed by atoms with Gasteiger partial charge in [-0.25, -0.2) is 15.0 Å². The average molecular weight is 339 g/mol. The van der Waals surface area contributed by atoms with Gasteiger partial charge < -0.3 is 19.8 Å². The standard InChI is InChI=1S/C18H21N5O2/c19-17-16-18(21-11-20-17)23(12-22-16)14-6-9-25-15(14)7-8-24-10-13-4-2-1-3-5-13/h1-5,11-12,14-15H,6-10H2,(H2,19,20,21)/t14-,15-/m1/s1. The molecule has 0 spiro atoms. The number of nitrogen functional groups attached to an aromatic ring is 1. The highest BCUT2D eigenvalue weighted by Crippen LogP contribution is 2.31. The number of nitrogens with two attached hydrogens (primary N) is 1. The van der Waals surface area contributed by atoms with Crippen LogP contribution in [0.25, 0.3) is 11.2 Å². The molecule has 0 amide bonds. The molecule has 0 bridgehead atoms. The van der Waals surface area contributed by atoms with E-state index in [0.29, 0.717) is 24.5 Å². The molecule has 1 aliphatic heterocycles. The first kappa shape index (κ1) is 16.0. The first-order chi connectivity index (χ1) is 12.3. The topological polar surface area (TPSA) is 88.1 Å². The molecule has 0 saturated carbocycles. The summed E-state index contributed by atoms with van der Waals surface area (Å²) in [6.45, 7) is 2.00. The molecule has 2 atom stereocenters. The van der Waals surface area contributed by atoms with Crippen LogP contribution in [-0.2, 0) is 16.1 Å². The van der Waals surface area contributed by atoms with Crippen LogP contribution in [0.5, 0.6) is 0 Å². The number of benzene rings is 1. The summed E-state index contributed by atoms with van der Waals surface area (Å²) in [5, 5.41) is 0. The summed E-state index contributed by atoms with van der Waals surface area (Å²) in [6, 6.07) is 10.4. The van der Waals surface area contributed by atoms with Crippen LogP contribution < -0.4 is 5.73 Å². The van der Waals surface area contributed by atoms with E-state index >= 15 is 0 Å². The third-order valence-corrected chi connectivity index (χ3v) is 4.58. The van der Waals surface area contributed by atoms with E-state index in [1.54, 1.807) is 6.33 Å². The van der Waals surface area contributed by atoms with E-state index < -0.39 is 0 Å². The Morgan fingerprint density at radius 3 is 2.96 bits per heavy atom. The molecule has 2 aromatic heterocycles. The van der Waals surface area contributed by atoms with Crippen molar-refractivity contribution in [1.29, 1.82) is 0 Å². The lowest BCUT2D eigenvalue weighted by atomic mass is 10.1. The molecule has 0 radical (unpaired) electrons. The third-order valence-electron chi connectivity index (χ3n) is 4.58. The van der Waals surface area contributed by atoms with Gasteiger partial charge in [0.15, 0.2) is 11.5 Å². The Bertz CT molecular complexity index is 836. The van der Waals surface area contributed by atoms with Gasteiger partial charge in [-0.2, -0.15) is 0 Å². The van der Waals surface area contributed by atoms with Crippen molar-refractivity contribution in [1.82, 2.24) is 19.5 Å². The minimum absolute atomic E-state index is 0.0874. The molecule has 4 rings (SSSR count).